The number of carbonyl (C=O) groups excluding carboxylic acids is 1. The Morgan fingerprint density at radius 3 is 2.15 bits per heavy atom. The number of amides is 2. The van der Waals surface area contributed by atoms with Crippen LogP contribution in [0.2, 0.25) is 0 Å². The highest BCUT2D eigenvalue weighted by Gasteiger charge is 2.23. The average molecular weight is 280 g/mol. The summed E-state index contributed by atoms with van der Waals surface area (Å²) in [4.78, 5) is 33.1. The van der Waals surface area contributed by atoms with Gasteiger partial charge in [-0.15, -0.1) is 0 Å². The van der Waals surface area contributed by atoms with E-state index in [0.717, 1.165) is 11.1 Å². The van der Waals surface area contributed by atoms with E-state index < -0.39 is 30.4 Å². The van der Waals surface area contributed by atoms with Crippen LogP contribution in [0.4, 0.5) is 10.5 Å². The first-order chi connectivity index (χ1) is 9.31. The lowest BCUT2D eigenvalue weighted by atomic mass is 10.1. The molecule has 108 valence electrons. The highest BCUT2D eigenvalue weighted by atomic mass is 16.4. The number of anilines is 1. The zero-order chi connectivity index (χ0) is 15.3. The maximum absolute atomic E-state index is 11.7. The Morgan fingerprint density at radius 1 is 1.15 bits per heavy atom. The molecule has 1 rings (SSSR count). The number of rotatable bonds is 5. The Morgan fingerprint density at radius 2 is 1.70 bits per heavy atom. The fourth-order valence-electron chi connectivity index (χ4n) is 1.69. The summed E-state index contributed by atoms with van der Waals surface area (Å²) in [6, 6.07) is 3.20. The number of aliphatic carboxylic acids is 2. The minimum absolute atomic E-state index is 0.574. The summed E-state index contributed by atoms with van der Waals surface area (Å²) in [7, 11) is 0. The third kappa shape index (κ3) is 4.27. The molecule has 1 aromatic rings. The van der Waals surface area contributed by atoms with Gasteiger partial charge in [0.1, 0.15) is 6.04 Å². The lowest BCUT2D eigenvalue weighted by Gasteiger charge is -2.15. The molecule has 0 aromatic heterocycles. The van der Waals surface area contributed by atoms with E-state index in [4.69, 9.17) is 10.2 Å². The van der Waals surface area contributed by atoms with Gasteiger partial charge in [0.2, 0.25) is 0 Å². The molecule has 7 nitrogen and oxygen atoms in total. The van der Waals surface area contributed by atoms with Crippen LogP contribution >= 0.6 is 0 Å². The topological polar surface area (TPSA) is 116 Å². The first-order valence-electron chi connectivity index (χ1n) is 5.89. The third-order valence-corrected chi connectivity index (χ3v) is 2.70. The quantitative estimate of drug-likeness (QED) is 0.649. The molecule has 0 aliphatic carbocycles. The summed E-state index contributed by atoms with van der Waals surface area (Å²) in [5.74, 6) is -2.70. The SMILES string of the molecule is Cc1cccc(C)c1NC(=O)N[C@H](CC(=O)O)C(=O)O. The minimum atomic E-state index is -1.48. The van der Waals surface area contributed by atoms with Crippen molar-refractivity contribution in [2.45, 2.75) is 26.3 Å². The zero-order valence-corrected chi connectivity index (χ0v) is 11.1. The van der Waals surface area contributed by atoms with E-state index in [1.165, 1.54) is 0 Å². The Balaban J connectivity index is 2.76. The van der Waals surface area contributed by atoms with Crippen molar-refractivity contribution in [1.82, 2.24) is 5.32 Å². The van der Waals surface area contributed by atoms with Gasteiger partial charge < -0.3 is 20.8 Å². The molecule has 0 saturated heterocycles. The smallest absolute Gasteiger partial charge is 0.326 e. The number of hydrogen-bond donors (Lipinski definition) is 4. The van der Waals surface area contributed by atoms with Crippen LogP contribution in [0.5, 0.6) is 0 Å². The molecule has 20 heavy (non-hydrogen) atoms. The number of carboxylic acids is 2. The van der Waals surface area contributed by atoms with Crippen molar-refractivity contribution < 1.29 is 24.6 Å². The maximum atomic E-state index is 11.7. The molecule has 0 saturated carbocycles. The highest BCUT2D eigenvalue weighted by molar-refractivity contribution is 5.94. The fourth-order valence-corrected chi connectivity index (χ4v) is 1.69. The molecule has 0 spiro atoms. The average Bonchev–Trinajstić information content (AvgIpc) is 2.32. The van der Waals surface area contributed by atoms with Crippen molar-refractivity contribution in [2.75, 3.05) is 5.32 Å². The second-order valence-electron chi connectivity index (χ2n) is 4.35. The van der Waals surface area contributed by atoms with E-state index in [9.17, 15) is 14.4 Å². The van der Waals surface area contributed by atoms with Gasteiger partial charge in [-0.3, -0.25) is 4.79 Å². The summed E-state index contributed by atoms with van der Waals surface area (Å²) in [5, 5.41) is 22.1. The van der Waals surface area contributed by atoms with E-state index >= 15 is 0 Å². The van der Waals surface area contributed by atoms with Crippen molar-refractivity contribution >= 4 is 23.7 Å². The lowest BCUT2D eigenvalue weighted by Crippen LogP contribution is -2.44. The predicted octanol–water partition coefficient (Wildman–Crippen LogP) is 1.35. The molecule has 1 atom stereocenters. The van der Waals surface area contributed by atoms with Crippen LogP contribution in [0.3, 0.4) is 0 Å². The Hall–Kier alpha value is -2.57. The molecule has 0 unspecified atom stereocenters. The van der Waals surface area contributed by atoms with Crippen LogP contribution in [0.1, 0.15) is 17.5 Å². The first-order valence-corrected chi connectivity index (χ1v) is 5.89. The van der Waals surface area contributed by atoms with Crippen LogP contribution in [-0.2, 0) is 9.59 Å². The molecule has 7 heteroatoms. The highest BCUT2D eigenvalue weighted by Crippen LogP contribution is 2.19. The summed E-state index contributed by atoms with van der Waals surface area (Å²) < 4.78 is 0. The molecule has 1 aromatic carbocycles. The van der Waals surface area contributed by atoms with Gasteiger partial charge in [0.25, 0.3) is 0 Å². The van der Waals surface area contributed by atoms with Crippen molar-refractivity contribution in [3.8, 4) is 0 Å². The number of carboxylic acid groups (broad SMARTS) is 2. The van der Waals surface area contributed by atoms with Crippen molar-refractivity contribution in [2.24, 2.45) is 0 Å². The first kappa shape index (κ1) is 15.5. The molecule has 0 heterocycles. The number of benzene rings is 1. The van der Waals surface area contributed by atoms with Crippen LogP contribution in [0.25, 0.3) is 0 Å². The van der Waals surface area contributed by atoms with E-state index in [0.29, 0.717) is 5.69 Å². The second-order valence-corrected chi connectivity index (χ2v) is 4.35. The third-order valence-electron chi connectivity index (χ3n) is 2.70. The normalized spacial score (nSPS) is 11.5. The molecule has 0 aliphatic heterocycles. The predicted molar refractivity (Wildman–Crippen MR) is 71.7 cm³/mol. The van der Waals surface area contributed by atoms with Gasteiger partial charge in [0.05, 0.1) is 6.42 Å². The van der Waals surface area contributed by atoms with Gasteiger partial charge >= 0.3 is 18.0 Å². The van der Waals surface area contributed by atoms with E-state index in [1.807, 2.05) is 6.07 Å². The number of aryl methyl sites for hydroxylation is 2. The van der Waals surface area contributed by atoms with Gasteiger partial charge in [-0.1, -0.05) is 18.2 Å². The van der Waals surface area contributed by atoms with Crippen LogP contribution < -0.4 is 10.6 Å². The molecule has 0 bridgehead atoms. The number of hydrogen-bond acceptors (Lipinski definition) is 3. The van der Waals surface area contributed by atoms with Gasteiger partial charge in [-0.25, -0.2) is 9.59 Å². The fraction of sp³-hybridized carbons (Fsp3) is 0.308. The van der Waals surface area contributed by atoms with E-state index in [1.54, 1.807) is 26.0 Å². The summed E-state index contributed by atoms with van der Waals surface area (Å²) in [6.45, 7) is 3.60. The van der Waals surface area contributed by atoms with Gasteiger partial charge in [-0.05, 0) is 25.0 Å². The largest absolute Gasteiger partial charge is 0.481 e. The second kappa shape index (κ2) is 6.55. The van der Waals surface area contributed by atoms with Gasteiger partial charge in [-0.2, -0.15) is 0 Å². The molecule has 0 radical (unpaired) electrons. The number of nitrogens with one attached hydrogen (secondary N) is 2. The Bertz CT molecular complexity index is 521. The summed E-state index contributed by atoms with van der Waals surface area (Å²) in [6.07, 6.45) is -0.685. The van der Waals surface area contributed by atoms with Gasteiger partial charge in [0, 0.05) is 5.69 Å². The molecular weight excluding hydrogens is 264 g/mol. The minimum Gasteiger partial charge on any atom is -0.481 e. The molecule has 2 amide bonds. The van der Waals surface area contributed by atoms with E-state index in [-0.39, 0.29) is 0 Å². The molecule has 4 N–H and O–H groups in total. The van der Waals surface area contributed by atoms with Crippen molar-refractivity contribution in [3.05, 3.63) is 29.3 Å². The number of urea groups is 1. The Labute approximate surface area is 115 Å². The van der Waals surface area contributed by atoms with Gasteiger partial charge in [0.15, 0.2) is 0 Å². The summed E-state index contributed by atoms with van der Waals surface area (Å²) in [5.41, 5.74) is 2.22. The van der Waals surface area contributed by atoms with Crippen molar-refractivity contribution in [3.63, 3.8) is 0 Å². The number of carbonyl (C=O) groups is 3. The lowest BCUT2D eigenvalue weighted by molar-refractivity contribution is -0.145. The Kier molecular flexibility index (Phi) is 5.08. The summed E-state index contributed by atoms with van der Waals surface area (Å²) >= 11 is 0. The monoisotopic (exact) mass is 280 g/mol. The van der Waals surface area contributed by atoms with Crippen LogP contribution in [0.15, 0.2) is 18.2 Å². The van der Waals surface area contributed by atoms with Crippen LogP contribution in [0, 0.1) is 13.8 Å². The molecule has 0 fully saturated rings. The molecule has 0 aliphatic rings. The van der Waals surface area contributed by atoms with Crippen molar-refractivity contribution in [1.29, 1.82) is 0 Å². The number of para-hydroxylation sites is 1. The maximum Gasteiger partial charge on any atom is 0.326 e. The van der Waals surface area contributed by atoms with E-state index in [2.05, 4.69) is 10.6 Å². The zero-order valence-electron chi connectivity index (χ0n) is 11.1. The van der Waals surface area contributed by atoms with Crippen LogP contribution in [-0.4, -0.2) is 34.2 Å². The molecular formula is C13H16N2O5. The standard InChI is InChI=1S/C13H16N2O5/c1-7-4-3-5-8(2)11(7)15-13(20)14-9(12(18)19)6-10(16)17/h3-5,9H,6H2,1-2H3,(H,16,17)(H,18,19)(H2,14,15,20)/t9-/m1/s1.